The fraction of sp³-hybridized carbons (Fsp3) is 0.690. The Kier molecular flexibility index (Phi) is 14.2. The molecule has 3 amide bonds. The van der Waals surface area contributed by atoms with Gasteiger partial charge in [-0.15, -0.1) is 0 Å². The Labute approximate surface area is 218 Å². The molecule has 1 aromatic rings. The molecular weight excluding hydrogens is 454 g/mol. The number of carbonyl (C=O) groups is 3. The van der Waals surface area contributed by atoms with Gasteiger partial charge in [-0.05, 0) is 58.6 Å². The molecule has 7 nitrogen and oxygen atoms in total. The monoisotopic (exact) mass is 503 g/mol. The number of benzene rings is 1. The van der Waals surface area contributed by atoms with Crippen molar-refractivity contribution in [2.75, 3.05) is 19.6 Å². The summed E-state index contributed by atoms with van der Waals surface area (Å²) in [5, 5.41) is 5.64. The lowest BCUT2D eigenvalue weighted by molar-refractivity contribution is -0.140. The second kappa shape index (κ2) is 16.2. The molecule has 0 fully saturated rings. The molecule has 0 bridgehead atoms. The molecule has 1 rings (SSSR count). The molecule has 0 spiro atoms. The minimum atomic E-state index is -0.759. The van der Waals surface area contributed by atoms with E-state index in [1.807, 2.05) is 32.0 Å². The number of hydrogen-bond donors (Lipinski definition) is 2. The van der Waals surface area contributed by atoms with Crippen LogP contribution in [0.4, 0.5) is 4.79 Å². The summed E-state index contributed by atoms with van der Waals surface area (Å²) in [5.41, 5.74) is 2.15. The fourth-order valence-electron chi connectivity index (χ4n) is 4.04. The largest absolute Gasteiger partial charge is 0.444 e. The number of nitrogens with one attached hydrogen (secondary N) is 2. The maximum absolute atomic E-state index is 13.6. The second-order valence-electron chi connectivity index (χ2n) is 10.6. The highest BCUT2D eigenvalue weighted by Gasteiger charge is 2.32. The summed E-state index contributed by atoms with van der Waals surface area (Å²) >= 11 is 0. The van der Waals surface area contributed by atoms with Crippen molar-refractivity contribution < 1.29 is 19.1 Å². The summed E-state index contributed by atoms with van der Waals surface area (Å²) in [4.78, 5) is 40.9. The zero-order valence-corrected chi connectivity index (χ0v) is 23.7. The van der Waals surface area contributed by atoms with Gasteiger partial charge in [0.25, 0.3) is 0 Å². The van der Waals surface area contributed by atoms with Crippen LogP contribution in [0, 0.1) is 13.8 Å². The van der Waals surface area contributed by atoms with Crippen molar-refractivity contribution in [3.05, 3.63) is 34.9 Å². The molecule has 7 heteroatoms. The van der Waals surface area contributed by atoms with Crippen molar-refractivity contribution in [2.24, 2.45) is 0 Å². The molecule has 0 aliphatic rings. The van der Waals surface area contributed by atoms with Crippen LogP contribution in [-0.2, 0) is 14.3 Å². The number of alkyl carbamates (subject to hydrolysis) is 1. The smallest absolute Gasteiger partial charge is 0.408 e. The van der Waals surface area contributed by atoms with Gasteiger partial charge in [0, 0.05) is 13.1 Å². The van der Waals surface area contributed by atoms with E-state index >= 15 is 0 Å². The Morgan fingerprint density at radius 3 is 2.19 bits per heavy atom. The van der Waals surface area contributed by atoms with Crippen molar-refractivity contribution in [1.29, 1.82) is 0 Å². The van der Waals surface area contributed by atoms with Crippen LogP contribution in [0.2, 0.25) is 0 Å². The number of amides is 3. The molecule has 0 radical (unpaired) electrons. The average molecular weight is 504 g/mol. The zero-order chi connectivity index (χ0) is 27.1. The number of hydrogen-bond acceptors (Lipinski definition) is 4. The van der Waals surface area contributed by atoms with E-state index in [4.69, 9.17) is 4.74 Å². The van der Waals surface area contributed by atoms with Gasteiger partial charge in [0.05, 0.1) is 0 Å². The number of unbranched alkanes of at least 4 members (excludes halogenated alkanes) is 6. The molecule has 0 aliphatic carbocycles. The number of nitrogens with zero attached hydrogens (tertiary/aromatic N) is 1. The zero-order valence-electron chi connectivity index (χ0n) is 23.7. The molecule has 204 valence electrons. The van der Waals surface area contributed by atoms with Crippen molar-refractivity contribution in [1.82, 2.24) is 15.5 Å². The summed E-state index contributed by atoms with van der Waals surface area (Å²) in [7, 11) is 0. The second-order valence-corrected chi connectivity index (χ2v) is 10.6. The van der Waals surface area contributed by atoms with E-state index in [1.54, 1.807) is 25.7 Å². The molecule has 0 saturated carbocycles. The molecule has 1 atom stereocenters. The Balaban J connectivity index is 3.21. The van der Waals surface area contributed by atoms with Gasteiger partial charge < -0.3 is 20.3 Å². The van der Waals surface area contributed by atoms with Gasteiger partial charge in [0.2, 0.25) is 11.8 Å². The Hall–Kier alpha value is -2.57. The average Bonchev–Trinajstić information content (AvgIpc) is 2.80. The summed E-state index contributed by atoms with van der Waals surface area (Å²) < 4.78 is 5.30. The number of carbonyl (C=O) groups excluding carboxylic acids is 3. The van der Waals surface area contributed by atoms with E-state index < -0.39 is 17.7 Å². The Morgan fingerprint density at radius 2 is 1.56 bits per heavy atom. The van der Waals surface area contributed by atoms with Crippen molar-refractivity contribution in [3.8, 4) is 0 Å². The third-order valence-corrected chi connectivity index (χ3v) is 5.97. The highest BCUT2D eigenvalue weighted by Crippen LogP contribution is 2.27. The number of aryl methyl sites for hydroxylation is 2. The van der Waals surface area contributed by atoms with Crippen LogP contribution >= 0.6 is 0 Å². The van der Waals surface area contributed by atoms with E-state index in [9.17, 15) is 14.4 Å². The highest BCUT2D eigenvalue weighted by molar-refractivity contribution is 5.90. The quantitative estimate of drug-likeness (QED) is 0.288. The SMILES string of the molecule is CCCCCCCN(C(=O)CNC(=O)OC(C)(C)C)C(C(=O)NCCCCC)c1cc(C)ccc1C. The first-order chi connectivity index (χ1) is 17.0. The van der Waals surface area contributed by atoms with Crippen molar-refractivity contribution in [2.45, 2.75) is 111 Å². The van der Waals surface area contributed by atoms with Gasteiger partial charge in [-0.1, -0.05) is 76.1 Å². The molecule has 1 aromatic carbocycles. The molecule has 0 aliphatic heterocycles. The lowest BCUT2D eigenvalue weighted by Crippen LogP contribution is -2.48. The van der Waals surface area contributed by atoms with E-state index in [0.29, 0.717) is 13.1 Å². The lowest BCUT2D eigenvalue weighted by Gasteiger charge is -2.33. The van der Waals surface area contributed by atoms with Gasteiger partial charge in [0.1, 0.15) is 18.2 Å². The first-order valence-electron chi connectivity index (χ1n) is 13.6. The summed E-state index contributed by atoms with van der Waals surface area (Å²) in [5.74, 6) is -0.482. The predicted molar refractivity (Wildman–Crippen MR) is 146 cm³/mol. The molecule has 36 heavy (non-hydrogen) atoms. The summed E-state index contributed by atoms with van der Waals surface area (Å²) in [6.07, 6.45) is 7.49. The fourth-order valence-corrected chi connectivity index (χ4v) is 4.04. The third kappa shape index (κ3) is 11.9. The standard InChI is InChI=1S/C29H49N3O4/c1-8-10-12-13-15-19-32(25(33)21-31-28(35)36-29(5,6)7)26(27(34)30-18-14-11-9-2)24-20-22(3)16-17-23(24)4/h16-17,20,26H,8-15,18-19,21H2,1-7H3,(H,30,34)(H,31,35). The van der Waals surface area contributed by atoms with Crippen molar-refractivity contribution >= 4 is 17.9 Å². The van der Waals surface area contributed by atoms with Crippen LogP contribution in [0.3, 0.4) is 0 Å². The van der Waals surface area contributed by atoms with Crippen LogP contribution in [0.1, 0.15) is 109 Å². The Morgan fingerprint density at radius 1 is 0.917 bits per heavy atom. The number of rotatable bonds is 15. The van der Waals surface area contributed by atoms with Gasteiger partial charge in [-0.3, -0.25) is 9.59 Å². The summed E-state index contributed by atoms with van der Waals surface area (Å²) in [6.45, 7) is 14.4. The molecule has 1 unspecified atom stereocenters. The predicted octanol–water partition coefficient (Wildman–Crippen LogP) is 5.97. The third-order valence-electron chi connectivity index (χ3n) is 5.97. The highest BCUT2D eigenvalue weighted by atomic mass is 16.6. The van der Waals surface area contributed by atoms with E-state index in [2.05, 4.69) is 24.5 Å². The first kappa shape index (κ1) is 31.5. The van der Waals surface area contributed by atoms with E-state index in [1.165, 1.54) is 0 Å². The normalized spacial score (nSPS) is 12.1. The van der Waals surface area contributed by atoms with Crippen LogP contribution in [-0.4, -0.2) is 48.0 Å². The minimum absolute atomic E-state index is 0.182. The van der Waals surface area contributed by atoms with E-state index in [0.717, 1.165) is 68.1 Å². The van der Waals surface area contributed by atoms with Gasteiger partial charge in [-0.25, -0.2) is 4.79 Å². The maximum Gasteiger partial charge on any atom is 0.408 e. The topological polar surface area (TPSA) is 87.7 Å². The molecule has 0 heterocycles. The van der Waals surface area contributed by atoms with Gasteiger partial charge >= 0.3 is 6.09 Å². The maximum atomic E-state index is 13.6. The summed E-state index contributed by atoms with van der Waals surface area (Å²) in [6, 6.07) is 5.23. The first-order valence-corrected chi connectivity index (χ1v) is 13.6. The minimum Gasteiger partial charge on any atom is -0.444 e. The lowest BCUT2D eigenvalue weighted by atomic mass is 9.96. The van der Waals surface area contributed by atoms with Crippen molar-refractivity contribution in [3.63, 3.8) is 0 Å². The van der Waals surface area contributed by atoms with E-state index in [-0.39, 0.29) is 18.4 Å². The van der Waals surface area contributed by atoms with Crippen LogP contribution in [0.5, 0.6) is 0 Å². The van der Waals surface area contributed by atoms with Gasteiger partial charge in [-0.2, -0.15) is 0 Å². The molecule has 0 saturated heterocycles. The molecular formula is C29H49N3O4. The molecule has 2 N–H and O–H groups in total. The Bertz CT molecular complexity index is 832. The van der Waals surface area contributed by atoms with Gasteiger partial charge in [0.15, 0.2) is 0 Å². The van der Waals surface area contributed by atoms with Crippen LogP contribution in [0.25, 0.3) is 0 Å². The van der Waals surface area contributed by atoms with Crippen LogP contribution < -0.4 is 10.6 Å². The number of ether oxygens (including phenoxy) is 1. The van der Waals surface area contributed by atoms with Crippen LogP contribution in [0.15, 0.2) is 18.2 Å². The molecule has 0 aromatic heterocycles.